The van der Waals surface area contributed by atoms with E-state index in [0.29, 0.717) is 12.4 Å². The van der Waals surface area contributed by atoms with Crippen molar-refractivity contribution < 1.29 is 18.3 Å². The van der Waals surface area contributed by atoms with E-state index in [4.69, 9.17) is 5.73 Å². The SMILES string of the molecule is C[C@H]1CC[C@H](C(N)=O)CN1c1ccc(OC(F)F)cn1. The number of hydrogen-bond acceptors (Lipinski definition) is 4. The van der Waals surface area contributed by atoms with E-state index in [0.717, 1.165) is 12.8 Å². The molecule has 110 valence electrons. The molecule has 2 heterocycles. The zero-order valence-electron chi connectivity index (χ0n) is 11.1. The Morgan fingerprint density at radius 2 is 2.25 bits per heavy atom. The minimum atomic E-state index is -2.86. The second kappa shape index (κ2) is 6.02. The molecule has 0 saturated carbocycles. The molecule has 2 N–H and O–H groups in total. The second-order valence-electron chi connectivity index (χ2n) is 4.91. The summed E-state index contributed by atoms with van der Waals surface area (Å²) in [5.74, 6) is 0.120. The third-order valence-corrected chi connectivity index (χ3v) is 3.52. The number of carbonyl (C=O) groups is 1. The number of anilines is 1. The van der Waals surface area contributed by atoms with Crippen LogP contribution in [0.3, 0.4) is 0 Å². The van der Waals surface area contributed by atoms with Crippen molar-refractivity contribution in [2.45, 2.75) is 32.4 Å². The average molecular weight is 285 g/mol. The smallest absolute Gasteiger partial charge is 0.387 e. The Kier molecular flexibility index (Phi) is 4.36. The molecule has 2 rings (SSSR count). The quantitative estimate of drug-likeness (QED) is 0.915. The molecule has 0 radical (unpaired) electrons. The standard InChI is InChI=1S/C13H17F2N3O2/c1-8-2-3-9(12(16)19)7-18(8)11-5-4-10(6-17-11)20-13(14)15/h4-6,8-9,13H,2-3,7H2,1H3,(H2,16,19)/t8-,9-/m0/s1. The van der Waals surface area contributed by atoms with Gasteiger partial charge in [0.05, 0.1) is 12.1 Å². The Morgan fingerprint density at radius 3 is 2.80 bits per heavy atom. The van der Waals surface area contributed by atoms with Crippen LogP contribution >= 0.6 is 0 Å². The van der Waals surface area contributed by atoms with Gasteiger partial charge in [-0.05, 0) is 31.9 Å². The topological polar surface area (TPSA) is 68.5 Å². The predicted octanol–water partition coefficient (Wildman–Crippen LogP) is 1.77. The molecule has 1 aromatic rings. The number of rotatable bonds is 4. The summed E-state index contributed by atoms with van der Waals surface area (Å²) in [6.07, 6.45) is 2.85. The molecule has 1 aliphatic heterocycles. The highest BCUT2D eigenvalue weighted by molar-refractivity contribution is 5.77. The van der Waals surface area contributed by atoms with E-state index < -0.39 is 6.61 Å². The van der Waals surface area contributed by atoms with Crippen molar-refractivity contribution in [2.24, 2.45) is 11.7 Å². The van der Waals surface area contributed by atoms with Crippen LogP contribution in [0.4, 0.5) is 14.6 Å². The number of nitrogens with zero attached hydrogens (tertiary/aromatic N) is 2. The Bertz CT molecular complexity index is 467. The molecule has 0 unspecified atom stereocenters. The molecule has 7 heteroatoms. The normalized spacial score (nSPS) is 22.9. The minimum Gasteiger partial charge on any atom is -0.433 e. The molecule has 1 fully saturated rings. The van der Waals surface area contributed by atoms with E-state index in [-0.39, 0.29) is 23.6 Å². The number of amides is 1. The lowest BCUT2D eigenvalue weighted by Gasteiger charge is -2.37. The Morgan fingerprint density at radius 1 is 1.50 bits per heavy atom. The maximum Gasteiger partial charge on any atom is 0.387 e. The highest BCUT2D eigenvalue weighted by Gasteiger charge is 2.29. The van der Waals surface area contributed by atoms with Crippen molar-refractivity contribution >= 4 is 11.7 Å². The van der Waals surface area contributed by atoms with E-state index in [1.807, 2.05) is 11.8 Å². The lowest BCUT2D eigenvalue weighted by atomic mass is 9.93. The van der Waals surface area contributed by atoms with Gasteiger partial charge in [-0.3, -0.25) is 4.79 Å². The van der Waals surface area contributed by atoms with Crippen LogP contribution in [0.1, 0.15) is 19.8 Å². The first-order valence-corrected chi connectivity index (χ1v) is 6.44. The van der Waals surface area contributed by atoms with Crippen molar-refractivity contribution in [3.8, 4) is 5.75 Å². The van der Waals surface area contributed by atoms with Gasteiger partial charge in [0, 0.05) is 12.6 Å². The monoisotopic (exact) mass is 285 g/mol. The maximum atomic E-state index is 12.1. The number of primary amides is 1. The third-order valence-electron chi connectivity index (χ3n) is 3.52. The largest absolute Gasteiger partial charge is 0.433 e. The van der Waals surface area contributed by atoms with Crippen molar-refractivity contribution in [1.29, 1.82) is 0 Å². The number of halogens is 2. The van der Waals surface area contributed by atoms with Crippen LogP contribution < -0.4 is 15.4 Å². The van der Waals surface area contributed by atoms with Gasteiger partial charge in [-0.25, -0.2) is 4.98 Å². The van der Waals surface area contributed by atoms with Crippen LogP contribution in [-0.4, -0.2) is 30.1 Å². The number of hydrogen-bond donors (Lipinski definition) is 1. The molecular formula is C13H17F2N3O2. The fourth-order valence-electron chi connectivity index (χ4n) is 2.37. The molecule has 0 aliphatic carbocycles. The molecule has 5 nitrogen and oxygen atoms in total. The summed E-state index contributed by atoms with van der Waals surface area (Å²) in [6, 6.07) is 3.27. The van der Waals surface area contributed by atoms with Crippen molar-refractivity contribution in [2.75, 3.05) is 11.4 Å². The summed E-state index contributed by atoms with van der Waals surface area (Å²) in [4.78, 5) is 17.4. The molecule has 20 heavy (non-hydrogen) atoms. The average Bonchev–Trinajstić information content (AvgIpc) is 2.39. The Balaban J connectivity index is 2.10. The summed E-state index contributed by atoms with van der Waals surface area (Å²) < 4.78 is 28.4. The molecule has 2 atom stereocenters. The zero-order chi connectivity index (χ0) is 14.7. The molecule has 1 aromatic heterocycles. The van der Waals surface area contributed by atoms with Crippen LogP contribution in [0.2, 0.25) is 0 Å². The van der Waals surface area contributed by atoms with Gasteiger partial charge in [-0.15, -0.1) is 0 Å². The summed E-state index contributed by atoms with van der Waals surface area (Å²) in [7, 11) is 0. The molecule has 0 spiro atoms. The van der Waals surface area contributed by atoms with Crippen molar-refractivity contribution in [1.82, 2.24) is 4.98 Å². The van der Waals surface area contributed by atoms with Crippen LogP contribution in [0.5, 0.6) is 5.75 Å². The zero-order valence-corrected chi connectivity index (χ0v) is 11.1. The van der Waals surface area contributed by atoms with E-state index in [1.165, 1.54) is 12.3 Å². The number of aromatic nitrogens is 1. The molecular weight excluding hydrogens is 268 g/mol. The summed E-state index contributed by atoms with van der Waals surface area (Å²) >= 11 is 0. The van der Waals surface area contributed by atoms with E-state index in [9.17, 15) is 13.6 Å². The highest BCUT2D eigenvalue weighted by Crippen LogP contribution is 2.27. The van der Waals surface area contributed by atoms with Gasteiger partial charge in [0.1, 0.15) is 11.6 Å². The summed E-state index contributed by atoms with van der Waals surface area (Å²) in [5.41, 5.74) is 5.34. The second-order valence-corrected chi connectivity index (χ2v) is 4.91. The maximum absolute atomic E-state index is 12.1. The van der Waals surface area contributed by atoms with E-state index in [1.54, 1.807) is 6.07 Å². The number of ether oxygens (including phenoxy) is 1. The number of carbonyl (C=O) groups excluding carboxylic acids is 1. The van der Waals surface area contributed by atoms with Crippen LogP contribution in [0, 0.1) is 5.92 Å². The fourth-order valence-corrected chi connectivity index (χ4v) is 2.37. The van der Waals surface area contributed by atoms with E-state index in [2.05, 4.69) is 9.72 Å². The van der Waals surface area contributed by atoms with Gasteiger partial charge in [0.15, 0.2) is 0 Å². The van der Waals surface area contributed by atoms with Gasteiger partial charge < -0.3 is 15.4 Å². The molecule has 1 amide bonds. The van der Waals surface area contributed by atoms with Crippen molar-refractivity contribution in [3.05, 3.63) is 18.3 Å². The third kappa shape index (κ3) is 3.34. The van der Waals surface area contributed by atoms with Crippen LogP contribution in [-0.2, 0) is 4.79 Å². The first-order chi connectivity index (χ1) is 9.47. The number of piperidine rings is 1. The lowest BCUT2D eigenvalue weighted by molar-refractivity contribution is -0.122. The first-order valence-electron chi connectivity index (χ1n) is 6.44. The van der Waals surface area contributed by atoms with E-state index >= 15 is 0 Å². The van der Waals surface area contributed by atoms with Gasteiger partial charge in [-0.1, -0.05) is 0 Å². The number of alkyl halides is 2. The minimum absolute atomic E-state index is 0.0138. The fraction of sp³-hybridized carbons (Fsp3) is 0.538. The lowest BCUT2D eigenvalue weighted by Crippen LogP contribution is -2.46. The van der Waals surface area contributed by atoms with Gasteiger partial charge in [0.2, 0.25) is 5.91 Å². The van der Waals surface area contributed by atoms with Crippen LogP contribution in [0.25, 0.3) is 0 Å². The molecule has 1 saturated heterocycles. The molecule has 0 aromatic carbocycles. The Labute approximate surface area is 115 Å². The Hall–Kier alpha value is -1.92. The highest BCUT2D eigenvalue weighted by atomic mass is 19.3. The predicted molar refractivity (Wildman–Crippen MR) is 69.6 cm³/mol. The molecule has 0 bridgehead atoms. The first kappa shape index (κ1) is 14.5. The molecule has 1 aliphatic rings. The van der Waals surface area contributed by atoms with Gasteiger partial charge in [0.25, 0.3) is 0 Å². The van der Waals surface area contributed by atoms with Gasteiger partial charge >= 0.3 is 6.61 Å². The van der Waals surface area contributed by atoms with Gasteiger partial charge in [-0.2, -0.15) is 8.78 Å². The van der Waals surface area contributed by atoms with Crippen LogP contribution in [0.15, 0.2) is 18.3 Å². The number of nitrogens with two attached hydrogens (primary N) is 1. The van der Waals surface area contributed by atoms with Crippen molar-refractivity contribution in [3.63, 3.8) is 0 Å². The summed E-state index contributed by atoms with van der Waals surface area (Å²) in [6.45, 7) is -0.336. The number of pyridine rings is 1. The summed E-state index contributed by atoms with van der Waals surface area (Å²) in [5, 5.41) is 0.